The number of ether oxygens (including phenoxy) is 1. The first kappa shape index (κ1) is 18.9. The summed E-state index contributed by atoms with van der Waals surface area (Å²) >= 11 is 0. The molecule has 26 heavy (non-hydrogen) atoms. The lowest BCUT2D eigenvalue weighted by Crippen LogP contribution is -2.34. The van der Waals surface area contributed by atoms with E-state index in [-0.39, 0.29) is 5.69 Å². The van der Waals surface area contributed by atoms with E-state index in [1.54, 1.807) is 11.8 Å². The van der Waals surface area contributed by atoms with Crippen LogP contribution in [0.5, 0.6) is 0 Å². The zero-order valence-electron chi connectivity index (χ0n) is 16.1. The minimum atomic E-state index is -0.0121. The van der Waals surface area contributed by atoms with Crippen molar-refractivity contribution in [3.8, 4) is 0 Å². The smallest absolute Gasteiger partial charge is 0.345 e. The van der Waals surface area contributed by atoms with E-state index in [0.29, 0.717) is 25.6 Å². The third-order valence-electron chi connectivity index (χ3n) is 5.38. The third kappa shape index (κ3) is 4.07. The van der Waals surface area contributed by atoms with Crippen molar-refractivity contribution in [3.63, 3.8) is 0 Å². The lowest BCUT2D eigenvalue weighted by molar-refractivity contribution is 0.181. The first-order valence-electron chi connectivity index (χ1n) is 9.57. The second kappa shape index (κ2) is 8.64. The van der Waals surface area contributed by atoms with Gasteiger partial charge in [-0.3, -0.25) is 9.47 Å². The second-order valence-electron chi connectivity index (χ2n) is 7.08. The fourth-order valence-electron chi connectivity index (χ4n) is 3.76. The highest BCUT2D eigenvalue weighted by molar-refractivity contribution is 5.25. The first-order valence-corrected chi connectivity index (χ1v) is 9.57. The molecule has 0 spiro atoms. The van der Waals surface area contributed by atoms with Crippen LogP contribution in [-0.4, -0.2) is 46.1 Å². The molecule has 6 nitrogen and oxygen atoms in total. The summed E-state index contributed by atoms with van der Waals surface area (Å²) in [6, 6.07) is 8.60. The molecule has 3 rings (SSSR count). The van der Waals surface area contributed by atoms with Gasteiger partial charge in [0.05, 0.1) is 13.2 Å². The second-order valence-corrected chi connectivity index (χ2v) is 7.08. The van der Waals surface area contributed by atoms with Crippen LogP contribution in [0.4, 0.5) is 0 Å². The molecule has 0 N–H and O–H groups in total. The number of rotatable bonds is 7. The van der Waals surface area contributed by atoms with E-state index in [0.717, 1.165) is 38.3 Å². The molecule has 1 aromatic carbocycles. The maximum absolute atomic E-state index is 12.5. The summed E-state index contributed by atoms with van der Waals surface area (Å²) in [6.45, 7) is 8.97. The Hall–Kier alpha value is -1.92. The Kier molecular flexibility index (Phi) is 6.27. The fraction of sp³-hybridized carbons (Fsp3) is 0.600. The Morgan fingerprint density at radius 3 is 2.62 bits per heavy atom. The van der Waals surface area contributed by atoms with Gasteiger partial charge in [0.15, 0.2) is 0 Å². The number of piperidine rings is 1. The van der Waals surface area contributed by atoms with Crippen LogP contribution >= 0.6 is 0 Å². The molecule has 0 radical (unpaired) electrons. The molecule has 0 unspecified atom stereocenters. The normalized spacial score (nSPS) is 16.3. The van der Waals surface area contributed by atoms with Gasteiger partial charge in [-0.2, -0.15) is 5.10 Å². The van der Waals surface area contributed by atoms with Gasteiger partial charge in [-0.05, 0) is 50.9 Å². The zero-order chi connectivity index (χ0) is 18.5. The van der Waals surface area contributed by atoms with E-state index in [1.165, 1.54) is 11.1 Å². The third-order valence-corrected chi connectivity index (χ3v) is 5.38. The van der Waals surface area contributed by atoms with Gasteiger partial charge in [0.2, 0.25) is 0 Å². The molecular formula is C20H30N4O2. The lowest BCUT2D eigenvalue weighted by Gasteiger charge is -2.31. The molecular weight excluding hydrogens is 328 g/mol. The maximum atomic E-state index is 12.5. The minimum Gasteiger partial charge on any atom is -0.383 e. The molecule has 1 aromatic heterocycles. The van der Waals surface area contributed by atoms with Gasteiger partial charge in [0, 0.05) is 26.1 Å². The maximum Gasteiger partial charge on any atom is 0.345 e. The highest BCUT2D eigenvalue weighted by atomic mass is 16.5. The van der Waals surface area contributed by atoms with Crippen LogP contribution in [0.3, 0.4) is 0 Å². The Bertz CT molecular complexity index is 772. The van der Waals surface area contributed by atoms with Crippen molar-refractivity contribution in [1.82, 2.24) is 19.2 Å². The fourth-order valence-corrected chi connectivity index (χ4v) is 3.76. The summed E-state index contributed by atoms with van der Waals surface area (Å²) in [4.78, 5) is 15.0. The molecule has 1 fully saturated rings. The summed E-state index contributed by atoms with van der Waals surface area (Å²) in [5, 5.41) is 4.63. The molecule has 6 heteroatoms. The molecule has 0 atom stereocenters. The number of benzene rings is 1. The van der Waals surface area contributed by atoms with Gasteiger partial charge in [-0.1, -0.05) is 24.3 Å². The van der Waals surface area contributed by atoms with Crippen molar-refractivity contribution in [1.29, 1.82) is 0 Å². The van der Waals surface area contributed by atoms with Crippen molar-refractivity contribution in [2.45, 2.75) is 52.2 Å². The van der Waals surface area contributed by atoms with Crippen LogP contribution in [0.1, 0.15) is 42.6 Å². The molecule has 0 amide bonds. The van der Waals surface area contributed by atoms with E-state index in [9.17, 15) is 4.79 Å². The predicted octanol–water partition coefficient (Wildman–Crippen LogP) is 2.40. The SMILES string of the molecule is CCn1c(C2CCN(Cc3ccccc3C)CC2)nn(CCOC)c1=O. The van der Waals surface area contributed by atoms with Crippen LogP contribution < -0.4 is 5.69 Å². The number of hydrogen-bond acceptors (Lipinski definition) is 4. The quantitative estimate of drug-likeness (QED) is 0.763. The number of likely N-dealkylation sites (tertiary alicyclic amines) is 1. The summed E-state index contributed by atoms with van der Waals surface area (Å²) in [5.41, 5.74) is 2.74. The Labute approximate surface area is 155 Å². The van der Waals surface area contributed by atoms with Crippen molar-refractivity contribution in [2.75, 3.05) is 26.8 Å². The molecule has 2 heterocycles. The Morgan fingerprint density at radius 1 is 1.23 bits per heavy atom. The van der Waals surface area contributed by atoms with Gasteiger partial charge < -0.3 is 4.74 Å². The summed E-state index contributed by atoms with van der Waals surface area (Å²) in [7, 11) is 1.65. The van der Waals surface area contributed by atoms with Gasteiger partial charge >= 0.3 is 5.69 Å². The van der Waals surface area contributed by atoms with Crippen molar-refractivity contribution in [3.05, 3.63) is 51.7 Å². The van der Waals surface area contributed by atoms with Gasteiger partial charge in [0.1, 0.15) is 5.82 Å². The molecule has 2 aromatic rings. The number of methoxy groups -OCH3 is 1. The molecule has 0 aliphatic carbocycles. The molecule has 1 saturated heterocycles. The summed E-state index contributed by atoms with van der Waals surface area (Å²) in [5.74, 6) is 1.31. The van der Waals surface area contributed by atoms with Gasteiger partial charge in [0.25, 0.3) is 0 Å². The van der Waals surface area contributed by atoms with E-state index in [2.05, 4.69) is 41.2 Å². The van der Waals surface area contributed by atoms with E-state index >= 15 is 0 Å². The average molecular weight is 358 g/mol. The number of nitrogens with zero attached hydrogens (tertiary/aromatic N) is 4. The molecule has 1 aliphatic rings. The Morgan fingerprint density at radius 2 is 1.96 bits per heavy atom. The molecule has 142 valence electrons. The van der Waals surface area contributed by atoms with Crippen molar-refractivity contribution < 1.29 is 4.74 Å². The first-order chi connectivity index (χ1) is 12.6. The van der Waals surface area contributed by atoms with Crippen LogP contribution in [0.2, 0.25) is 0 Å². The van der Waals surface area contributed by atoms with Crippen LogP contribution in [-0.2, 0) is 24.4 Å². The molecule has 0 saturated carbocycles. The summed E-state index contributed by atoms with van der Waals surface area (Å²) in [6.07, 6.45) is 2.10. The van der Waals surface area contributed by atoms with Crippen LogP contribution in [0.25, 0.3) is 0 Å². The standard InChI is InChI=1S/C20H30N4O2/c1-4-23-19(21-24(20(23)25)13-14-26-3)17-9-11-22(12-10-17)15-18-8-6-5-7-16(18)2/h5-8,17H,4,9-15H2,1-3H3. The monoisotopic (exact) mass is 358 g/mol. The lowest BCUT2D eigenvalue weighted by atomic mass is 9.95. The van der Waals surface area contributed by atoms with E-state index in [1.807, 2.05) is 11.5 Å². The zero-order valence-corrected chi connectivity index (χ0v) is 16.1. The average Bonchev–Trinajstić information content (AvgIpc) is 2.98. The predicted molar refractivity (Wildman–Crippen MR) is 102 cm³/mol. The van der Waals surface area contributed by atoms with Crippen LogP contribution in [0, 0.1) is 6.92 Å². The number of hydrogen-bond donors (Lipinski definition) is 0. The largest absolute Gasteiger partial charge is 0.383 e. The molecule has 0 bridgehead atoms. The van der Waals surface area contributed by atoms with Crippen molar-refractivity contribution in [2.24, 2.45) is 0 Å². The topological polar surface area (TPSA) is 52.3 Å². The van der Waals surface area contributed by atoms with E-state index in [4.69, 9.17) is 4.74 Å². The minimum absolute atomic E-state index is 0.0121. The Balaban J connectivity index is 1.66. The molecule has 1 aliphatic heterocycles. The van der Waals surface area contributed by atoms with Gasteiger partial charge in [-0.25, -0.2) is 9.48 Å². The van der Waals surface area contributed by atoms with Crippen molar-refractivity contribution >= 4 is 0 Å². The highest BCUT2D eigenvalue weighted by Gasteiger charge is 2.26. The summed E-state index contributed by atoms with van der Waals surface area (Å²) < 4.78 is 8.48. The van der Waals surface area contributed by atoms with E-state index < -0.39 is 0 Å². The highest BCUT2D eigenvalue weighted by Crippen LogP contribution is 2.27. The number of aryl methyl sites for hydroxylation is 1. The number of aromatic nitrogens is 3. The van der Waals surface area contributed by atoms with Crippen LogP contribution in [0.15, 0.2) is 29.1 Å². The van der Waals surface area contributed by atoms with Gasteiger partial charge in [-0.15, -0.1) is 0 Å².